The summed E-state index contributed by atoms with van der Waals surface area (Å²) in [4.78, 5) is 3.00. The van der Waals surface area contributed by atoms with Crippen molar-refractivity contribution in [1.82, 2.24) is 4.98 Å². The average molecular weight is 161 g/mol. The number of allylic oxidation sites excluding steroid dienone is 2. The van der Waals surface area contributed by atoms with Crippen LogP contribution in [0.25, 0.3) is 0 Å². The first-order chi connectivity index (χ1) is 5.88. The summed E-state index contributed by atoms with van der Waals surface area (Å²) in [7, 11) is 0. The maximum Gasteiger partial charge on any atom is 0.103 e. The lowest BCUT2D eigenvalue weighted by molar-refractivity contribution is 0.148. The first kappa shape index (κ1) is 7.37. The molecule has 2 heteroatoms. The van der Waals surface area contributed by atoms with Crippen LogP contribution in [0.1, 0.15) is 11.8 Å². The third-order valence-corrected chi connectivity index (χ3v) is 2.08. The molecule has 2 nitrogen and oxygen atoms in total. The number of aromatic nitrogens is 1. The van der Waals surface area contributed by atoms with Gasteiger partial charge in [-0.1, -0.05) is 24.3 Å². The number of aliphatic hydroxyl groups is 1. The Hall–Kier alpha value is -1.28. The fourth-order valence-electron chi connectivity index (χ4n) is 1.40. The van der Waals surface area contributed by atoms with E-state index in [1.54, 1.807) is 0 Å². The molecule has 1 aromatic rings. The predicted molar refractivity (Wildman–Crippen MR) is 47.5 cm³/mol. The minimum absolute atomic E-state index is 0.128. The summed E-state index contributed by atoms with van der Waals surface area (Å²) in [6.07, 6.45) is 9.28. The maximum absolute atomic E-state index is 9.78. The molecular weight excluding hydrogens is 150 g/mol. The van der Waals surface area contributed by atoms with E-state index in [-0.39, 0.29) is 5.92 Å². The van der Waals surface area contributed by atoms with Crippen LogP contribution in [0.4, 0.5) is 0 Å². The highest BCUT2D eigenvalue weighted by atomic mass is 16.3. The number of hydrogen-bond donors (Lipinski definition) is 2. The van der Waals surface area contributed by atoms with E-state index in [1.165, 1.54) is 0 Å². The van der Waals surface area contributed by atoms with Crippen LogP contribution < -0.4 is 0 Å². The molecule has 0 radical (unpaired) electrons. The monoisotopic (exact) mass is 161 g/mol. The van der Waals surface area contributed by atoms with Gasteiger partial charge >= 0.3 is 0 Å². The highest BCUT2D eigenvalue weighted by Gasteiger charge is 2.17. The Labute approximate surface area is 71.2 Å². The predicted octanol–water partition coefficient (Wildman–Crippen LogP) is 1.79. The van der Waals surface area contributed by atoms with Crippen molar-refractivity contribution >= 4 is 0 Å². The fraction of sp³-hybridized carbons (Fsp3) is 0.200. The molecule has 62 valence electrons. The molecule has 0 saturated carbocycles. The van der Waals surface area contributed by atoms with Gasteiger partial charge in [0.1, 0.15) is 6.10 Å². The lowest BCUT2D eigenvalue weighted by Crippen LogP contribution is -2.06. The topological polar surface area (TPSA) is 36.0 Å². The molecule has 1 heterocycles. The van der Waals surface area contributed by atoms with Crippen molar-refractivity contribution in [2.45, 2.75) is 6.10 Å². The maximum atomic E-state index is 9.78. The fourth-order valence-corrected chi connectivity index (χ4v) is 1.40. The molecule has 2 rings (SSSR count). The van der Waals surface area contributed by atoms with Crippen molar-refractivity contribution in [3.8, 4) is 0 Å². The molecule has 0 fully saturated rings. The quantitative estimate of drug-likeness (QED) is 0.681. The first-order valence-electron chi connectivity index (χ1n) is 4.04. The third kappa shape index (κ3) is 1.21. The SMILES string of the molecule is OC(c1ccc[nH]1)C1C=CC=C1. The molecule has 0 amide bonds. The number of nitrogens with one attached hydrogen (secondary N) is 1. The van der Waals surface area contributed by atoms with Crippen LogP contribution in [0, 0.1) is 5.92 Å². The van der Waals surface area contributed by atoms with Crippen LogP contribution in [-0.4, -0.2) is 10.1 Å². The largest absolute Gasteiger partial charge is 0.386 e. The van der Waals surface area contributed by atoms with Crippen molar-refractivity contribution in [2.75, 3.05) is 0 Å². The zero-order chi connectivity index (χ0) is 8.39. The van der Waals surface area contributed by atoms with Crippen molar-refractivity contribution in [3.05, 3.63) is 48.3 Å². The van der Waals surface area contributed by atoms with Gasteiger partial charge in [0.2, 0.25) is 0 Å². The first-order valence-corrected chi connectivity index (χ1v) is 4.04. The van der Waals surface area contributed by atoms with E-state index in [4.69, 9.17) is 0 Å². The van der Waals surface area contributed by atoms with Crippen molar-refractivity contribution in [3.63, 3.8) is 0 Å². The molecular formula is C10H11NO. The van der Waals surface area contributed by atoms with Gasteiger partial charge in [0, 0.05) is 17.8 Å². The zero-order valence-corrected chi connectivity index (χ0v) is 6.64. The minimum atomic E-state index is -0.435. The van der Waals surface area contributed by atoms with Crippen molar-refractivity contribution in [1.29, 1.82) is 0 Å². The Morgan fingerprint density at radius 2 is 2.08 bits per heavy atom. The molecule has 0 bridgehead atoms. The van der Waals surface area contributed by atoms with E-state index in [9.17, 15) is 5.11 Å². The summed E-state index contributed by atoms with van der Waals surface area (Å²) in [5.74, 6) is 0.128. The highest BCUT2D eigenvalue weighted by Crippen LogP contribution is 2.25. The van der Waals surface area contributed by atoms with Gasteiger partial charge in [-0.3, -0.25) is 0 Å². The Bertz CT molecular complexity index is 286. The molecule has 1 aromatic heterocycles. The van der Waals surface area contributed by atoms with Crippen LogP contribution in [0.3, 0.4) is 0 Å². The molecule has 0 spiro atoms. The third-order valence-electron chi connectivity index (χ3n) is 2.08. The Kier molecular flexibility index (Phi) is 1.84. The second-order valence-electron chi connectivity index (χ2n) is 2.92. The molecule has 12 heavy (non-hydrogen) atoms. The molecule has 0 aromatic carbocycles. The highest BCUT2D eigenvalue weighted by molar-refractivity contribution is 5.22. The summed E-state index contributed by atoms with van der Waals surface area (Å²) < 4.78 is 0. The lowest BCUT2D eigenvalue weighted by atomic mass is 10.0. The van der Waals surface area contributed by atoms with E-state index < -0.39 is 6.10 Å². The van der Waals surface area contributed by atoms with Gasteiger partial charge in [-0.25, -0.2) is 0 Å². The number of aliphatic hydroxyl groups excluding tert-OH is 1. The smallest absolute Gasteiger partial charge is 0.103 e. The van der Waals surface area contributed by atoms with E-state index >= 15 is 0 Å². The van der Waals surface area contributed by atoms with Gasteiger partial charge in [0.25, 0.3) is 0 Å². The zero-order valence-electron chi connectivity index (χ0n) is 6.64. The van der Waals surface area contributed by atoms with E-state index in [2.05, 4.69) is 4.98 Å². The molecule has 0 saturated heterocycles. The molecule has 1 aliphatic carbocycles. The van der Waals surface area contributed by atoms with Crippen LogP contribution in [0.5, 0.6) is 0 Å². The number of aromatic amines is 1. The second-order valence-corrected chi connectivity index (χ2v) is 2.92. The summed E-state index contributed by atoms with van der Waals surface area (Å²) in [5.41, 5.74) is 0.871. The summed E-state index contributed by atoms with van der Waals surface area (Å²) in [6, 6.07) is 3.78. The Morgan fingerprint density at radius 3 is 2.67 bits per heavy atom. The number of hydrogen-bond acceptors (Lipinski definition) is 1. The minimum Gasteiger partial charge on any atom is -0.386 e. The van der Waals surface area contributed by atoms with Crippen LogP contribution in [0.15, 0.2) is 42.6 Å². The Balaban J connectivity index is 2.15. The van der Waals surface area contributed by atoms with Crippen LogP contribution in [-0.2, 0) is 0 Å². The van der Waals surface area contributed by atoms with Gasteiger partial charge in [-0.15, -0.1) is 0 Å². The normalized spacial score (nSPS) is 18.8. The van der Waals surface area contributed by atoms with Gasteiger partial charge in [0.15, 0.2) is 0 Å². The lowest BCUT2D eigenvalue weighted by Gasteiger charge is -2.12. The summed E-state index contributed by atoms with van der Waals surface area (Å²) >= 11 is 0. The van der Waals surface area contributed by atoms with Gasteiger partial charge in [-0.05, 0) is 12.1 Å². The Morgan fingerprint density at radius 1 is 1.33 bits per heavy atom. The number of rotatable bonds is 2. The second kappa shape index (κ2) is 2.99. The average Bonchev–Trinajstić information content (AvgIpc) is 2.77. The molecule has 1 atom stereocenters. The number of H-pyrrole nitrogens is 1. The van der Waals surface area contributed by atoms with Crippen molar-refractivity contribution in [2.24, 2.45) is 5.92 Å². The van der Waals surface area contributed by atoms with Gasteiger partial charge < -0.3 is 10.1 Å². The standard InChI is InChI=1S/C10H11NO/c12-10(8-4-1-2-5-8)9-6-3-7-11-9/h1-8,10-12H. The summed E-state index contributed by atoms with van der Waals surface area (Å²) in [5, 5.41) is 9.78. The molecule has 2 N–H and O–H groups in total. The van der Waals surface area contributed by atoms with E-state index in [0.29, 0.717) is 0 Å². The van der Waals surface area contributed by atoms with Crippen LogP contribution in [0.2, 0.25) is 0 Å². The van der Waals surface area contributed by atoms with Crippen LogP contribution >= 0.6 is 0 Å². The van der Waals surface area contributed by atoms with Crippen molar-refractivity contribution < 1.29 is 5.11 Å². The van der Waals surface area contributed by atoms with Gasteiger partial charge in [0.05, 0.1) is 0 Å². The summed E-state index contributed by atoms with van der Waals surface area (Å²) in [6.45, 7) is 0. The van der Waals surface area contributed by atoms with Gasteiger partial charge in [-0.2, -0.15) is 0 Å². The van der Waals surface area contributed by atoms with E-state index in [1.807, 2.05) is 42.6 Å². The molecule has 0 aliphatic heterocycles. The van der Waals surface area contributed by atoms with E-state index in [0.717, 1.165) is 5.69 Å². The molecule has 1 aliphatic rings. The molecule has 1 unspecified atom stereocenters.